The fourth-order valence-electron chi connectivity index (χ4n) is 1.07. The van der Waals surface area contributed by atoms with Gasteiger partial charge in [0.25, 0.3) is 0 Å². The van der Waals surface area contributed by atoms with Crippen molar-refractivity contribution >= 4 is 5.97 Å². The molecule has 1 N–H and O–H groups in total. The van der Waals surface area contributed by atoms with Crippen molar-refractivity contribution in [2.45, 2.75) is 32.9 Å². The minimum absolute atomic E-state index is 0.428. The lowest BCUT2D eigenvalue weighted by molar-refractivity contribution is -0.233. The summed E-state index contributed by atoms with van der Waals surface area (Å²) >= 11 is 0. The van der Waals surface area contributed by atoms with Gasteiger partial charge in [0.1, 0.15) is 0 Å². The average molecular weight is 184 g/mol. The maximum absolute atomic E-state index is 12.2. The van der Waals surface area contributed by atoms with Crippen molar-refractivity contribution in [2.24, 2.45) is 5.41 Å². The van der Waals surface area contributed by atoms with Crippen molar-refractivity contribution in [2.75, 3.05) is 0 Å². The van der Waals surface area contributed by atoms with Gasteiger partial charge in [0.15, 0.2) is 5.41 Å². The average Bonchev–Trinajstić information content (AvgIpc) is 1.87. The molecule has 0 atom stereocenters. The third-order valence-corrected chi connectivity index (χ3v) is 2.16. The van der Waals surface area contributed by atoms with Crippen LogP contribution in [0.3, 0.4) is 0 Å². The van der Waals surface area contributed by atoms with E-state index >= 15 is 0 Å². The Balaban J connectivity index is 4.97. The van der Waals surface area contributed by atoms with Crippen LogP contribution in [0.4, 0.5) is 13.2 Å². The highest BCUT2D eigenvalue weighted by Gasteiger charge is 2.57. The Hall–Kier alpha value is -0.740. The van der Waals surface area contributed by atoms with E-state index in [9.17, 15) is 18.0 Å². The van der Waals surface area contributed by atoms with Gasteiger partial charge in [-0.25, -0.2) is 0 Å². The molecule has 0 bridgehead atoms. The summed E-state index contributed by atoms with van der Waals surface area (Å²) in [4.78, 5) is 10.4. The van der Waals surface area contributed by atoms with Crippen LogP contribution in [0.2, 0.25) is 0 Å². The van der Waals surface area contributed by atoms with E-state index < -0.39 is 30.4 Å². The SMILES string of the molecule is CCC(CC)(C(=O)O)C(F)(F)F. The summed E-state index contributed by atoms with van der Waals surface area (Å²) in [5, 5.41) is 8.44. The summed E-state index contributed by atoms with van der Waals surface area (Å²) in [5.41, 5.74) is -2.56. The third-order valence-electron chi connectivity index (χ3n) is 2.16. The number of carbonyl (C=O) groups is 1. The largest absolute Gasteiger partial charge is 0.481 e. The number of rotatable bonds is 3. The molecule has 0 radical (unpaired) electrons. The van der Waals surface area contributed by atoms with E-state index in [4.69, 9.17) is 5.11 Å². The molecule has 0 aromatic rings. The molecule has 0 rings (SSSR count). The van der Waals surface area contributed by atoms with E-state index in [0.29, 0.717) is 0 Å². The summed E-state index contributed by atoms with van der Waals surface area (Å²) in [6.45, 7) is 2.45. The minimum atomic E-state index is -4.66. The number of aliphatic carboxylic acids is 1. The second kappa shape index (κ2) is 3.33. The Bertz CT molecular complexity index is 170. The number of alkyl halides is 3. The summed E-state index contributed by atoms with van der Waals surface area (Å²) < 4.78 is 36.7. The highest BCUT2D eigenvalue weighted by molar-refractivity contribution is 5.75. The molecular weight excluding hydrogens is 173 g/mol. The van der Waals surface area contributed by atoms with Crippen molar-refractivity contribution in [3.8, 4) is 0 Å². The van der Waals surface area contributed by atoms with Crippen molar-refractivity contribution in [1.82, 2.24) is 0 Å². The van der Waals surface area contributed by atoms with Gasteiger partial charge in [0.2, 0.25) is 0 Å². The molecule has 0 fully saturated rings. The van der Waals surface area contributed by atoms with Gasteiger partial charge in [-0.15, -0.1) is 0 Å². The standard InChI is InChI=1S/C7H11F3O2/c1-3-6(4-2,5(11)12)7(8,9)10/h3-4H2,1-2H3,(H,11,12). The maximum atomic E-state index is 12.2. The van der Waals surface area contributed by atoms with Gasteiger partial charge in [-0.05, 0) is 12.8 Å². The monoisotopic (exact) mass is 184 g/mol. The third kappa shape index (κ3) is 1.54. The molecule has 0 heterocycles. The van der Waals surface area contributed by atoms with Gasteiger partial charge in [-0.1, -0.05) is 13.8 Å². The second-order valence-corrected chi connectivity index (χ2v) is 2.59. The van der Waals surface area contributed by atoms with Crippen molar-refractivity contribution < 1.29 is 23.1 Å². The lowest BCUT2D eigenvalue weighted by Gasteiger charge is -2.28. The number of carboxylic acids is 1. The molecule has 12 heavy (non-hydrogen) atoms. The zero-order valence-corrected chi connectivity index (χ0v) is 6.90. The zero-order chi connectivity index (χ0) is 9.99. The van der Waals surface area contributed by atoms with Crippen LogP contribution < -0.4 is 0 Å². The molecule has 0 amide bonds. The number of halogens is 3. The second-order valence-electron chi connectivity index (χ2n) is 2.59. The van der Waals surface area contributed by atoms with Crippen molar-refractivity contribution in [3.63, 3.8) is 0 Å². The van der Waals surface area contributed by atoms with Gasteiger partial charge < -0.3 is 5.11 Å². The van der Waals surface area contributed by atoms with Crippen LogP contribution >= 0.6 is 0 Å². The molecule has 0 aromatic heterocycles. The zero-order valence-electron chi connectivity index (χ0n) is 6.90. The molecule has 72 valence electrons. The summed E-state index contributed by atoms with van der Waals surface area (Å²) in [6.07, 6.45) is -5.52. The Morgan fingerprint density at radius 1 is 1.25 bits per heavy atom. The van der Waals surface area contributed by atoms with E-state index in [1.165, 1.54) is 13.8 Å². The molecule has 0 aliphatic carbocycles. The van der Waals surface area contributed by atoms with Gasteiger partial charge in [0.05, 0.1) is 0 Å². The van der Waals surface area contributed by atoms with E-state index in [0.717, 1.165) is 0 Å². The molecule has 0 saturated heterocycles. The predicted octanol–water partition coefficient (Wildman–Crippen LogP) is 2.44. The van der Waals surface area contributed by atoms with Crippen LogP contribution in [0.15, 0.2) is 0 Å². The maximum Gasteiger partial charge on any atom is 0.404 e. The molecule has 0 unspecified atom stereocenters. The molecular formula is C7H11F3O2. The van der Waals surface area contributed by atoms with Crippen LogP contribution in [-0.2, 0) is 4.79 Å². The Morgan fingerprint density at radius 2 is 1.58 bits per heavy atom. The van der Waals surface area contributed by atoms with Crippen LogP contribution in [-0.4, -0.2) is 17.3 Å². The van der Waals surface area contributed by atoms with Gasteiger partial charge in [-0.2, -0.15) is 13.2 Å². The summed E-state index contributed by atoms with van der Waals surface area (Å²) in [6, 6.07) is 0. The normalized spacial score (nSPS) is 13.1. The molecule has 0 saturated carbocycles. The molecule has 0 aliphatic rings. The predicted molar refractivity (Wildman–Crippen MR) is 36.7 cm³/mol. The first kappa shape index (κ1) is 11.3. The van der Waals surface area contributed by atoms with Crippen LogP contribution in [0.25, 0.3) is 0 Å². The van der Waals surface area contributed by atoms with E-state index in [1.807, 2.05) is 0 Å². The number of carboxylic acid groups (broad SMARTS) is 1. The minimum Gasteiger partial charge on any atom is -0.481 e. The Labute approximate surface area is 68.4 Å². The molecule has 5 heteroatoms. The lowest BCUT2D eigenvalue weighted by Crippen LogP contribution is -2.44. The molecule has 0 aliphatic heterocycles. The summed E-state index contributed by atoms with van der Waals surface area (Å²) in [7, 11) is 0. The van der Waals surface area contributed by atoms with Crippen molar-refractivity contribution in [3.05, 3.63) is 0 Å². The first-order valence-electron chi connectivity index (χ1n) is 3.62. The Morgan fingerprint density at radius 3 is 1.58 bits per heavy atom. The number of hydrogen-bond donors (Lipinski definition) is 1. The lowest BCUT2D eigenvalue weighted by atomic mass is 9.82. The topological polar surface area (TPSA) is 37.3 Å². The van der Waals surface area contributed by atoms with Crippen LogP contribution in [0.5, 0.6) is 0 Å². The highest BCUT2D eigenvalue weighted by atomic mass is 19.4. The molecule has 0 spiro atoms. The number of hydrogen-bond acceptors (Lipinski definition) is 1. The quantitative estimate of drug-likeness (QED) is 0.731. The molecule has 0 aromatic carbocycles. The van der Waals surface area contributed by atoms with Gasteiger partial charge in [-0.3, -0.25) is 4.79 Å². The first-order chi connectivity index (χ1) is 5.31. The van der Waals surface area contributed by atoms with Crippen molar-refractivity contribution in [1.29, 1.82) is 0 Å². The Kier molecular flexibility index (Phi) is 3.12. The fourth-order valence-corrected chi connectivity index (χ4v) is 1.07. The first-order valence-corrected chi connectivity index (χ1v) is 3.62. The summed E-state index contributed by atoms with van der Waals surface area (Å²) in [5.74, 6) is -1.79. The van der Waals surface area contributed by atoms with E-state index in [1.54, 1.807) is 0 Å². The van der Waals surface area contributed by atoms with Crippen LogP contribution in [0.1, 0.15) is 26.7 Å². The highest BCUT2D eigenvalue weighted by Crippen LogP contribution is 2.43. The smallest absolute Gasteiger partial charge is 0.404 e. The van der Waals surface area contributed by atoms with Gasteiger partial charge in [0, 0.05) is 0 Å². The van der Waals surface area contributed by atoms with Gasteiger partial charge >= 0.3 is 12.1 Å². The van der Waals surface area contributed by atoms with E-state index in [2.05, 4.69) is 0 Å². The fraction of sp³-hybridized carbons (Fsp3) is 0.857. The van der Waals surface area contributed by atoms with E-state index in [-0.39, 0.29) is 0 Å². The van der Waals surface area contributed by atoms with Crippen LogP contribution in [0, 0.1) is 5.41 Å². The molecule has 2 nitrogen and oxygen atoms in total.